The normalized spacial score (nSPS) is 11.5. The summed E-state index contributed by atoms with van der Waals surface area (Å²) in [7, 11) is 0. The van der Waals surface area contributed by atoms with Crippen LogP contribution in [-0.2, 0) is 0 Å². The molecule has 0 aliphatic carbocycles. The molecule has 2 aromatic carbocycles. The SMILES string of the molecule is CCCN(CCC)C(=O)c1cccc(C(=O)Nc2cc3c(cc2N)OCO3)c1.Cl. The number of nitrogens with zero attached hydrogens (tertiary/aromatic N) is 1. The average molecular weight is 420 g/mol. The highest BCUT2D eigenvalue weighted by Crippen LogP contribution is 2.38. The summed E-state index contributed by atoms with van der Waals surface area (Å²) in [6, 6.07) is 9.96. The van der Waals surface area contributed by atoms with E-state index >= 15 is 0 Å². The number of nitrogens with one attached hydrogen (secondary N) is 1. The molecule has 0 radical (unpaired) electrons. The van der Waals surface area contributed by atoms with Gasteiger partial charge in [-0.25, -0.2) is 0 Å². The maximum atomic E-state index is 12.8. The molecule has 156 valence electrons. The number of benzene rings is 2. The third-order valence-electron chi connectivity index (χ3n) is 4.44. The number of anilines is 2. The van der Waals surface area contributed by atoms with E-state index in [4.69, 9.17) is 15.2 Å². The molecule has 1 aliphatic rings. The van der Waals surface area contributed by atoms with Crippen LogP contribution in [-0.4, -0.2) is 36.6 Å². The Bertz CT molecular complexity index is 882. The highest BCUT2D eigenvalue weighted by atomic mass is 35.5. The number of nitrogen functional groups attached to an aromatic ring is 1. The summed E-state index contributed by atoms with van der Waals surface area (Å²) in [6.45, 7) is 5.58. The van der Waals surface area contributed by atoms with Crippen molar-refractivity contribution in [3.8, 4) is 11.5 Å². The predicted molar refractivity (Wildman–Crippen MR) is 115 cm³/mol. The Labute approximate surface area is 176 Å². The van der Waals surface area contributed by atoms with Gasteiger partial charge in [-0.3, -0.25) is 9.59 Å². The van der Waals surface area contributed by atoms with Gasteiger partial charge >= 0.3 is 0 Å². The minimum absolute atomic E-state index is 0. The number of amides is 2. The van der Waals surface area contributed by atoms with E-state index in [0.29, 0.717) is 47.1 Å². The van der Waals surface area contributed by atoms with Crippen LogP contribution < -0.4 is 20.5 Å². The van der Waals surface area contributed by atoms with Crippen LogP contribution in [0.1, 0.15) is 47.4 Å². The van der Waals surface area contributed by atoms with Gasteiger partial charge in [-0.2, -0.15) is 0 Å². The Hall–Kier alpha value is -2.93. The highest BCUT2D eigenvalue weighted by Gasteiger charge is 2.19. The van der Waals surface area contributed by atoms with Gasteiger partial charge in [0.2, 0.25) is 6.79 Å². The second-order valence-corrected chi connectivity index (χ2v) is 6.62. The Morgan fingerprint density at radius 1 is 1.03 bits per heavy atom. The van der Waals surface area contributed by atoms with Gasteiger partial charge in [0.25, 0.3) is 11.8 Å². The smallest absolute Gasteiger partial charge is 0.255 e. The first-order chi connectivity index (χ1) is 13.5. The monoisotopic (exact) mass is 419 g/mol. The van der Waals surface area contributed by atoms with Gasteiger partial charge < -0.3 is 25.4 Å². The van der Waals surface area contributed by atoms with Crippen LogP contribution in [0.5, 0.6) is 11.5 Å². The molecule has 0 bridgehead atoms. The van der Waals surface area contributed by atoms with Crippen molar-refractivity contribution in [1.82, 2.24) is 4.90 Å². The molecule has 2 aromatic rings. The summed E-state index contributed by atoms with van der Waals surface area (Å²) in [5.74, 6) is 0.664. The summed E-state index contributed by atoms with van der Waals surface area (Å²) in [6.07, 6.45) is 1.77. The van der Waals surface area contributed by atoms with E-state index in [1.807, 2.05) is 18.7 Å². The van der Waals surface area contributed by atoms with Crippen LogP contribution >= 0.6 is 12.4 Å². The Morgan fingerprint density at radius 2 is 1.66 bits per heavy atom. The zero-order valence-electron chi connectivity index (χ0n) is 16.6. The molecule has 1 heterocycles. The van der Waals surface area contributed by atoms with E-state index in [-0.39, 0.29) is 31.0 Å². The quantitative estimate of drug-likeness (QED) is 0.663. The molecule has 1 aliphatic heterocycles. The number of rotatable bonds is 7. The maximum Gasteiger partial charge on any atom is 0.255 e. The second kappa shape index (κ2) is 10.0. The molecular weight excluding hydrogens is 394 g/mol. The van der Waals surface area contributed by atoms with E-state index in [1.54, 1.807) is 36.4 Å². The number of ether oxygens (including phenoxy) is 2. The average Bonchev–Trinajstić information content (AvgIpc) is 3.14. The van der Waals surface area contributed by atoms with Crippen LogP contribution in [0.3, 0.4) is 0 Å². The van der Waals surface area contributed by atoms with Crippen molar-refractivity contribution < 1.29 is 19.1 Å². The summed E-state index contributed by atoms with van der Waals surface area (Å²) < 4.78 is 10.6. The first kappa shape index (κ1) is 22.4. The fraction of sp³-hybridized carbons (Fsp3) is 0.333. The topological polar surface area (TPSA) is 93.9 Å². The van der Waals surface area contributed by atoms with Crippen LogP contribution in [0.25, 0.3) is 0 Å². The Morgan fingerprint density at radius 3 is 2.31 bits per heavy atom. The van der Waals surface area contributed by atoms with Crippen LogP contribution in [0.4, 0.5) is 11.4 Å². The zero-order valence-corrected chi connectivity index (χ0v) is 17.4. The van der Waals surface area contributed by atoms with Crippen molar-refractivity contribution in [1.29, 1.82) is 0 Å². The number of halogens is 1. The molecule has 0 fully saturated rings. The summed E-state index contributed by atoms with van der Waals surface area (Å²) in [4.78, 5) is 27.3. The molecule has 2 amide bonds. The standard InChI is InChI=1S/C21H25N3O4.ClH/c1-3-8-24(9-4-2)21(26)15-7-5-6-14(10-15)20(25)23-17-12-19-18(11-16(17)22)27-13-28-19;/h5-7,10-12H,3-4,8-9,13,22H2,1-2H3,(H,23,25);1H. The minimum atomic E-state index is -0.349. The van der Waals surface area contributed by atoms with E-state index in [0.717, 1.165) is 12.8 Å². The van der Waals surface area contributed by atoms with Crippen molar-refractivity contribution in [2.45, 2.75) is 26.7 Å². The van der Waals surface area contributed by atoms with Gasteiger partial charge in [-0.05, 0) is 31.0 Å². The lowest BCUT2D eigenvalue weighted by atomic mass is 10.1. The van der Waals surface area contributed by atoms with E-state index in [1.165, 1.54) is 0 Å². The first-order valence-corrected chi connectivity index (χ1v) is 9.43. The fourth-order valence-electron chi connectivity index (χ4n) is 3.09. The van der Waals surface area contributed by atoms with E-state index < -0.39 is 0 Å². The molecular formula is C21H26ClN3O4. The van der Waals surface area contributed by atoms with E-state index in [2.05, 4.69) is 5.32 Å². The van der Waals surface area contributed by atoms with Crippen molar-refractivity contribution >= 4 is 35.6 Å². The molecule has 3 rings (SSSR count). The molecule has 0 unspecified atom stereocenters. The van der Waals surface area contributed by atoms with Gasteiger partial charge in [0.05, 0.1) is 11.4 Å². The third kappa shape index (κ3) is 5.12. The number of nitrogens with two attached hydrogens (primary N) is 1. The van der Waals surface area contributed by atoms with Gasteiger partial charge in [-0.1, -0.05) is 19.9 Å². The predicted octanol–water partition coefficient (Wildman–Crippen LogP) is 3.93. The lowest BCUT2D eigenvalue weighted by molar-refractivity contribution is 0.0755. The molecule has 0 spiro atoms. The lowest BCUT2D eigenvalue weighted by Gasteiger charge is -2.21. The number of fused-ring (bicyclic) bond motifs is 1. The Balaban J connectivity index is 0.00000300. The second-order valence-electron chi connectivity index (χ2n) is 6.62. The number of carbonyl (C=O) groups is 2. The van der Waals surface area contributed by atoms with Gasteiger partial charge in [0.15, 0.2) is 11.5 Å². The molecule has 0 aromatic heterocycles. The molecule has 29 heavy (non-hydrogen) atoms. The van der Waals surface area contributed by atoms with Crippen LogP contribution in [0, 0.1) is 0 Å². The van der Waals surface area contributed by atoms with Gasteiger partial charge in [0, 0.05) is 36.3 Å². The van der Waals surface area contributed by atoms with Crippen LogP contribution in [0.15, 0.2) is 36.4 Å². The number of hydrogen-bond donors (Lipinski definition) is 2. The number of hydrogen-bond acceptors (Lipinski definition) is 5. The first-order valence-electron chi connectivity index (χ1n) is 9.43. The van der Waals surface area contributed by atoms with Crippen molar-refractivity contribution in [2.75, 3.05) is 30.9 Å². The Kier molecular flexibility index (Phi) is 7.73. The molecule has 8 heteroatoms. The molecule has 0 saturated carbocycles. The van der Waals surface area contributed by atoms with Crippen molar-refractivity contribution in [3.05, 3.63) is 47.5 Å². The summed E-state index contributed by atoms with van der Waals surface area (Å²) >= 11 is 0. The number of carbonyl (C=O) groups excluding carboxylic acids is 2. The minimum Gasteiger partial charge on any atom is -0.454 e. The van der Waals surface area contributed by atoms with Crippen molar-refractivity contribution in [2.24, 2.45) is 0 Å². The van der Waals surface area contributed by atoms with Gasteiger partial charge in [-0.15, -0.1) is 12.4 Å². The fourth-order valence-corrected chi connectivity index (χ4v) is 3.09. The van der Waals surface area contributed by atoms with Crippen LogP contribution in [0.2, 0.25) is 0 Å². The van der Waals surface area contributed by atoms with Crippen molar-refractivity contribution in [3.63, 3.8) is 0 Å². The molecule has 7 nitrogen and oxygen atoms in total. The third-order valence-corrected chi connectivity index (χ3v) is 4.44. The molecule has 0 atom stereocenters. The van der Waals surface area contributed by atoms with E-state index in [9.17, 15) is 9.59 Å². The highest BCUT2D eigenvalue weighted by molar-refractivity contribution is 6.07. The largest absolute Gasteiger partial charge is 0.454 e. The summed E-state index contributed by atoms with van der Waals surface area (Å²) in [5.41, 5.74) is 7.68. The molecule has 3 N–H and O–H groups in total. The zero-order chi connectivity index (χ0) is 20.1. The van der Waals surface area contributed by atoms with Gasteiger partial charge in [0.1, 0.15) is 0 Å². The lowest BCUT2D eigenvalue weighted by Crippen LogP contribution is -2.32. The summed E-state index contributed by atoms with van der Waals surface area (Å²) in [5, 5.41) is 2.78. The maximum absolute atomic E-state index is 12.8. The molecule has 0 saturated heterocycles.